The van der Waals surface area contributed by atoms with E-state index in [0.717, 1.165) is 38.2 Å². The zero-order valence-electron chi connectivity index (χ0n) is 12.0. The number of fused-ring (bicyclic) bond motifs is 1. The van der Waals surface area contributed by atoms with Crippen molar-refractivity contribution in [2.24, 2.45) is 5.84 Å². The Labute approximate surface area is 124 Å². The average Bonchev–Trinajstić information content (AvgIpc) is 2.86. The molecule has 3 N–H and O–H groups in total. The second kappa shape index (κ2) is 6.43. The molecule has 1 fully saturated rings. The molecule has 1 aromatic carbocycles. The van der Waals surface area contributed by atoms with Crippen molar-refractivity contribution in [3.05, 3.63) is 29.8 Å². The minimum absolute atomic E-state index is 0.0811. The number of benzene rings is 1. The highest BCUT2D eigenvalue weighted by Gasteiger charge is 2.31. The van der Waals surface area contributed by atoms with Crippen LogP contribution in [-0.4, -0.2) is 42.7 Å². The lowest BCUT2D eigenvalue weighted by molar-refractivity contribution is -0.132. The minimum atomic E-state index is -0.407. The van der Waals surface area contributed by atoms with Crippen LogP contribution in [0.3, 0.4) is 0 Å². The molecular weight excluding hydrogens is 270 g/mol. The molecule has 6 nitrogen and oxygen atoms in total. The third kappa shape index (κ3) is 3.34. The molecule has 1 saturated heterocycles. The van der Waals surface area contributed by atoms with Gasteiger partial charge in [0.1, 0.15) is 18.5 Å². The summed E-state index contributed by atoms with van der Waals surface area (Å²) in [6.45, 7) is 3.20. The summed E-state index contributed by atoms with van der Waals surface area (Å²) in [6.07, 6.45) is 1.29. The fraction of sp³-hybridized carbons (Fsp3) is 0.533. The Morgan fingerprint density at radius 1 is 1.38 bits per heavy atom. The van der Waals surface area contributed by atoms with Gasteiger partial charge in [-0.2, -0.15) is 0 Å². The number of hydrogen-bond donors (Lipinski definition) is 2. The largest absolute Gasteiger partial charge is 0.492 e. The van der Waals surface area contributed by atoms with Crippen LogP contribution in [0, 0.1) is 0 Å². The molecular formula is C15H21N3O3. The summed E-state index contributed by atoms with van der Waals surface area (Å²) in [4.78, 5) is 13.8. The summed E-state index contributed by atoms with van der Waals surface area (Å²) >= 11 is 0. The number of rotatable bonds is 3. The maximum absolute atomic E-state index is 11.5. The van der Waals surface area contributed by atoms with Crippen LogP contribution in [0.2, 0.25) is 0 Å². The van der Waals surface area contributed by atoms with Gasteiger partial charge in [-0.15, -0.1) is 0 Å². The summed E-state index contributed by atoms with van der Waals surface area (Å²) in [5.41, 5.74) is 3.35. The fourth-order valence-electron chi connectivity index (χ4n) is 2.95. The first-order chi connectivity index (χ1) is 10.3. The van der Waals surface area contributed by atoms with Gasteiger partial charge in [-0.05, 0) is 18.9 Å². The van der Waals surface area contributed by atoms with Crippen LogP contribution < -0.4 is 16.0 Å². The Balaban J connectivity index is 1.58. The van der Waals surface area contributed by atoms with Crippen molar-refractivity contribution in [1.29, 1.82) is 0 Å². The molecule has 0 spiro atoms. The van der Waals surface area contributed by atoms with E-state index in [1.54, 1.807) is 0 Å². The lowest BCUT2D eigenvalue weighted by atomic mass is 10.1. The SMILES string of the molecule is NNC(=O)C1CCC(CN2CCOc3ccccc3C2)O1. The zero-order valence-corrected chi connectivity index (χ0v) is 12.0. The summed E-state index contributed by atoms with van der Waals surface area (Å²) in [5, 5.41) is 0. The number of para-hydroxylation sites is 1. The predicted octanol–water partition coefficient (Wildman–Crippen LogP) is 0.418. The topological polar surface area (TPSA) is 76.8 Å². The van der Waals surface area contributed by atoms with Gasteiger partial charge in [-0.3, -0.25) is 15.1 Å². The monoisotopic (exact) mass is 291 g/mol. The molecule has 0 aliphatic carbocycles. The van der Waals surface area contributed by atoms with Crippen LogP contribution in [0.4, 0.5) is 0 Å². The number of nitrogens with zero attached hydrogens (tertiary/aromatic N) is 1. The molecule has 6 heteroatoms. The van der Waals surface area contributed by atoms with E-state index in [0.29, 0.717) is 6.61 Å². The summed E-state index contributed by atoms with van der Waals surface area (Å²) in [6, 6.07) is 8.12. The maximum atomic E-state index is 11.5. The van der Waals surface area contributed by atoms with Crippen LogP contribution in [0.15, 0.2) is 24.3 Å². The predicted molar refractivity (Wildman–Crippen MR) is 77.4 cm³/mol. The second-order valence-corrected chi connectivity index (χ2v) is 5.52. The van der Waals surface area contributed by atoms with E-state index in [1.807, 2.05) is 18.2 Å². The van der Waals surface area contributed by atoms with Gasteiger partial charge < -0.3 is 9.47 Å². The van der Waals surface area contributed by atoms with Crippen molar-refractivity contribution < 1.29 is 14.3 Å². The highest BCUT2D eigenvalue weighted by atomic mass is 16.5. The lowest BCUT2D eigenvalue weighted by Gasteiger charge is -2.23. The van der Waals surface area contributed by atoms with E-state index in [9.17, 15) is 4.79 Å². The Bertz CT molecular complexity index is 509. The van der Waals surface area contributed by atoms with Crippen molar-refractivity contribution in [2.45, 2.75) is 31.6 Å². The van der Waals surface area contributed by atoms with Crippen LogP contribution in [0.1, 0.15) is 18.4 Å². The molecule has 21 heavy (non-hydrogen) atoms. The molecule has 2 atom stereocenters. The first-order valence-corrected chi connectivity index (χ1v) is 7.35. The van der Waals surface area contributed by atoms with Crippen LogP contribution in [-0.2, 0) is 16.1 Å². The van der Waals surface area contributed by atoms with Crippen LogP contribution in [0.25, 0.3) is 0 Å². The smallest absolute Gasteiger partial charge is 0.263 e. The van der Waals surface area contributed by atoms with Crippen molar-refractivity contribution >= 4 is 5.91 Å². The van der Waals surface area contributed by atoms with Gasteiger partial charge in [0.15, 0.2) is 0 Å². The van der Waals surface area contributed by atoms with Gasteiger partial charge in [-0.1, -0.05) is 18.2 Å². The number of hydrazine groups is 1. The van der Waals surface area contributed by atoms with E-state index in [1.165, 1.54) is 5.56 Å². The van der Waals surface area contributed by atoms with Gasteiger partial charge >= 0.3 is 0 Å². The Kier molecular flexibility index (Phi) is 4.38. The summed E-state index contributed by atoms with van der Waals surface area (Å²) in [5.74, 6) is 5.88. The number of amides is 1. The van der Waals surface area contributed by atoms with E-state index >= 15 is 0 Å². The van der Waals surface area contributed by atoms with Gasteiger partial charge in [-0.25, -0.2) is 5.84 Å². The Hall–Kier alpha value is -1.63. The number of carbonyl (C=O) groups excluding carboxylic acids is 1. The molecule has 0 saturated carbocycles. The fourth-order valence-corrected chi connectivity index (χ4v) is 2.95. The number of carbonyl (C=O) groups is 1. The first kappa shape index (κ1) is 14.3. The number of ether oxygens (including phenoxy) is 2. The third-order valence-electron chi connectivity index (χ3n) is 4.04. The molecule has 2 unspecified atom stereocenters. The van der Waals surface area contributed by atoms with E-state index in [4.69, 9.17) is 15.3 Å². The van der Waals surface area contributed by atoms with Crippen LogP contribution >= 0.6 is 0 Å². The standard InChI is InChI=1S/C15H21N3O3/c16-17-15(19)14-6-5-12(21-14)10-18-7-8-20-13-4-2-1-3-11(13)9-18/h1-4,12,14H,5-10,16H2,(H,17,19). The normalized spacial score (nSPS) is 25.8. The molecule has 0 radical (unpaired) electrons. The Morgan fingerprint density at radius 3 is 3.10 bits per heavy atom. The molecule has 3 rings (SSSR count). The highest BCUT2D eigenvalue weighted by molar-refractivity contribution is 5.80. The maximum Gasteiger partial charge on any atom is 0.263 e. The minimum Gasteiger partial charge on any atom is -0.492 e. The first-order valence-electron chi connectivity index (χ1n) is 7.35. The van der Waals surface area contributed by atoms with Crippen molar-refractivity contribution in [1.82, 2.24) is 10.3 Å². The van der Waals surface area contributed by atoms with Gasteiger partial charge in [0.2, 0.25) is 0 Å². The lowest BCUT2D eigenvalue weighted by Crippen LogP contribution is -2.40. The molecule has 2 heterocycles. The number of nitrogens with one attached hydrogen (secondary N) is 1. The molecule has 2 aliphatic heterocycles. The molecule has 114 valence electrons. The quantitative estimate of drug-likeness (QED) is 0.479. The number of hydrogen-bond acceptors (Lipinski definition) is 5. The van der Waals surface area contributed by atoms with E-state index in [2.05, 4.69) is 16.4 Å². The molecule has 0 bridgehead atoms. The third-order valence-corrected chi connectivity index (χ3v) is 4.04. The van der Waals surface area contributed by atoms with Gasteiger partial charge in [0.25, 0.3) is 5.91 Å². The Morgan fingerprint density at radius 2 is 2.24 bits per heavy atom. The van der Waals surface area contributed by atoms with Crippen LogP contribution in [0.5, 0.6) is 5.75 Å². The van der Waals surface area contributed by atoms with Crippen molar-refractivity contribution in [3.8, 4) is 5.75 Å². The van der Waals surface area contributed by atoms with Gasteiger partial charge in [0, 0.05) is 25.2 Å². The summed E-state index contributed by atoms with van der Waals surface area (Å²) < 4.78 is 11.5. The molecule has 0 aromatic heterocycles. The molecule has 2 aliphatic rings. The molecule has 1 aromatic rings. The van der Waals surface area contributed by atoms with Crippen molar-refractivity contribution in [2.75, 3.05) is 19.7 Å². The second-order valence-electron chi connectivity index (χ2n) is 5.52. The van der Waals surface area contributed by atoms with E-state index in [-0.39, 0.29) is 12.0 Å². The molecule has 1 amide bonds. The summed E-state index contributed by atoms with van der Waals surface area (Å²) in [7, 11) is 0. The highest BCUT2D eigenvalue weighted by Crippen LogP contribution is 2.25. The van der Waals surface area contributed by atoms with E-state index < -0.39 is 6.10 Å². The van der Waals surface area contributed by atoms with Gasteiger partial charge in [0.05, 0.1) is 6.10 Å². The van der Waals surface area contributed by atoms with Crippen molar-refractivity contribution in [3.63, 3.8) is 0 Å². The average molecular weight is 291 g/mol. The zero-order chi connectivity index (χ0) is 14.7. The number of nitrogens with two attached hydrogens (primary N) is 1.